The van der Waals surface area contributed by atoms with Crippen LogP contribution >= 0.6 is 0 Å². The standard InChI is InChI=1S/C12H15NO/c1-3-8-13-12(14)9-11-6-4-10(2)5-7-11/h3-7H,1,8-9H2,2H3,(H,13,14). The molecule has 1 aromatic rings. The van der Waals surface area contributed by atoms with Gasteiger partial charge in [0.25, 0.3) is 0 Å². The summed E-state index contributed by atoms with van der Waals surface area (Å²) in [6.45, 7) is 6.10. The number of carbonyl (C=O) groups is 1. The third-order valence-corrected chi connectivity index (χ3v) is 1.93. The number of hydrogen-bond acceptors (Lipinski definition) is 1. The highest BCUT2D eigenvalue weighted by Crippen LogP contribution is 2.03. The SMILES string of the molecule is C=CCNC(=O)Cc1ccc(C)cc1. The average Bonchev–Trinajstić information content (AvgIpc) is 2.18. The van der Waals surface area contributed by atoms with Gasteiger partial charge in [0.15, 0.2) is 0 Å². The maximum absolute atomic E-state index is 11.3. The summed E-state index contributed by atoms with van der Waals surface area (Å²) in [6, 6.07) is 7.97. The van der Waals surface area contributed by atoms with E-state index in [0.29, 0.717) is 13.0 Å². The number of nitrogens with one attached hydrogen (secondary N) is 1. The van der Waals surface area contributed by atoms with E-state index in [4.69, 9.17) is 0 Å². The van der Waals surface area contributed by atoms with Crippen LogP contribution in [0.4, 0.5) is 0 Å². The molecular formula is C12H15NO. The molecule has 0 heterocycles. The lowest BCUT2D eigenvalue weighted by molar-refractivity contribution is -0.120. The molecule has 2 heteroatoms. The molecule has 0 radical (unpaired) electrons. The lowest BCUT2D eigenvalue weighted by atomic mass is 10.1. The predicted octanol–water partition coefficient (Wildman–Crippen LogP) is 1.84. The van der Waals surface area contributed by atoms with E-state index >= 15 is 0 Å². The third-order valence-electron chi connectivity index (χ3n) is 1.93. The second-order valence-corrected chi connectivity index (χ2v) is 3.26. The van der Waals surface area contributed by atoms with E-state index in [9.17, 15) is 4.79 Å². The van der Waals surface area contributed by atoms with Crippen molar-refractivity contribution < 1.29 is 4.79 Å². The molecule has 1 aromatic carbocycles. The van der Waals surface area contributed by atoms with Crippen LogP contribution in [0.3, 0.4) is 0 Å². The summed E-state index contributed by atoms with van der Waals surface area (Å²) < 4.78 is 0. The van der Waals surface area contributed by atoms with Crippen LogP contribution in [-0.2, 0) is 11.2 Å². The fraction of sp³-hybridized carbons (Fsp3) is 0.250. The molecule has 0 spiro atoms. The molecule has 0 fully saturated rings. The highest BCUT2D eigenvalue weighted by atomic mass is 16.1. The van der Waals surface area contributed by atoms with Gasteiger partial charge in [-0.25, -0.2) is 0 Å². The van der Waals surface area contributed by atoms with Crippen molar-refractivity contribution in [1.82, 2.24) is 5.32 Å². The van der Waals surface area contributed by atoms with Gasteiger partial charge in [-0.05, 0) is 12.5 Å². The second kappa shape index (κ2) is 5.22. The van der Waals surface area contributed by atoms with E-state index in [-0.39, 0.29) is 5.91 Å². The molecule has 0 aromatic heterocycles. The number of benzene rings is 1. The Hall–Kier alpha value is -1.57. The van der Waals surface area contributed by atoms with E-state index in [1.54, 1.807) is 6.08 Å². The second-order valence-electron chi connectivity index (χ2n) is 3.26. The lowest BCUT2D eigenvalue weighted by Crippen LogP contribution is -2.24. The lowest BCUT2D eigenvalue weighted by Gasteiger charge is -2.02. The van der Waals surface area contributed by atoms with Gasteiger partial charge >= 0.3 is 0 Å². The zero-order valence-corrected chi connectivity index (χ0v) is 8.42. The fourth-order valence-corrected chi connectivity index (χ4v) is 1.14. The zero-order chi connectivity index (χ0) is 10.4. The summed E-state index contributed by atoms with van der Waals surface area (Å²) in [7, 11) is 0. The quantitative estimate of drug-likeness (QED) is 0.719. The molecule has 0 atom stereocenters. The molecule has 1 amide bonds. The van der Waals surface area contributed by atoms with E-state index < -0.39 is 0 Å². The molecule has 1 rings (SSSR count). The van der Waals surface area contributed by atoms with Crippen LogP contribution in [0.5, 0.6) is 0 Å². The molecule has 0 saturated carbocycles. The van der Waals surface area contributed by atoms with E-state index in [2.05, 4.69) is 11.9 Å². The number of hydrogen-bond donors (Lipinski definition) is 1. The summed E-state index contributed by atoms with van der Waals surface area (Å²) in [5.41, 5.74) is 2.25. The summed E-state index contributed by atoms with van der Waals surface area (Å²) in [5.74, 6) is 0.0359. The van der Waals surface area contributed by atoms with E-state index in [1.807, 2.05) is 31.2 Å². The Labute approximate surface area is 84.6 Å². The normalized spacial score (nSPS) is 9.50. The first-order valence-corrected chi connectivity index (χ1v) is 4.65. The Morgan fingerprint density at radius 1 is 1.43 bits per heavy atom. The van der Waals surface area contributed by atoms with Gasteiger partial charge in [0, 0.05) is 6.54 Å². The number of aryl methyl sites for hydroxylation is 1. The molecule has 0 bridgehead atoms. The van der Waals surface area contributed by atoms with Crippen molar-refractivity contribution in [3.05, 3.63) is 48.0 Å². The highest BCUT2D eigenvalue weighted by molar-refractivity contribution is 5.78. The van der Waals surface area contributed by atoms with Gasteiger partial charge in [0.05, 0.1) is 6.42 Å². The Balaban J connectivity index is 2.47. The van der Waals surface area contributed by atoms with Crippen molar-refractivity contribution in [2.45, 2.75) is 13.3 Å². The van der Waals surface area contributed by atoms with Crippen LogP contribution in [0.25, 0.3) is 0 Å². The van der Waals surface area contributed by atoms with Crippen LogP contribution in [0, 0.1) is 6.92 Å². The van der Waals surface area contributed by atoms with Crippen LogP contribution in [0.2, 0.25) is 0 Å². The smallest absolute Gasteiger partial charge is 0.224 e. The van der Waals surface area contributed by atoms with Crippen LogP contribution in [-0.4, -0.2) is 12.5 Å². The van der Waals surface area contributed by atoms with Crippen molar-refractivity contribution >= 4 is 5.91 Å². The van der Waals surface area contributed by atoms with Crippen molar-refractivity contribution in [3.63, 3.8) is 0 Å². The highest BCUT2D eigenvalue weighted by Gasteiger charge is 2.00. The van der Waals surface area contributed by atoms with Gasteiger partial charge < -0.3 is 5.32 Å². The molecule has 0 aliphatic rings. The van der Waals surface area contributed by atoms with Crippen molar-refractivity contribution in [2.75, 3.05) is 6.54 Å². The number of rotatable bonds is 4. The Bertz CT molecular complexity index is 314. The van der Waals surface area contributed by atoms with Gasteiger partial charge in [-0.15, -0.1) is 6.58 Å². The third kappa shape index (κ3) is 3.44. The number of carbonyl (C=O) groups excluding carboxylic acids is 1. The summed E-state index contributed by atoms with van der Waals surface area (Å²) in [5, 5.41) is 2.74. The minimum absolute atomic E-state index is 0.0359. The molecule has 14 heavy (non-hydrogen) atoms. The molecule has 0 aliphatic carbocycles. The monoisotopic (exact) mass is 189 g/mol. The van der Waals surface area contributed by atoms with Crippen molar-refractivity contribution in [2.24, 2.45) is 0 Å². The molecule has 74 valence electrons. The zero-order valence-electron chi connectivity index (χ0n) is 8.42. The molecule has 1 N–H and O–H groups in total. The van der Waals surface area contributed by atoms with E-state index in [0.717, 1.165) is 5.56 Å². The topological polar surface area (TPSA) is 29.1 Å². The van der Waals surface area contributed by atoms with Gasteiger partial charge in [0.2, 0.25) is 5.91 Å². The maximum Gasteiger partial charge on any atom is 0.224 e. The minimum Gasteiger partial charge on any atom is -0.352 e. The Kier molecular flexibility index (Phi) is 3.92. The van der Waals surface area contributed by atoms with Crippen LogP contribution < -0.4 is 5.32 Å². The first-order valence-electron chi connectivity index (χ1n) is 4.65. The summed E-state index contributed by atoms with van der Waals surface area (Å²) in [4.78, 5) is 11.3. The van der Waals surface area contributed by atoms with Gasteiger partial charge in [0.1, 0.15) is 0 Å². The molecule has 0 unspecified atom stereocenters. The maximum atomic E-state index is 11.3. The largest absolute Gasteiger partial charge is 0.352 e. The summed E-state index contributed by atoms with van der Waals surface area (Å²) in [6.07, 6.45) is 2.11. The van der Waals surface area contributed by atoms with Gasteiger partial charge in [-0.1, -0.05) is 35.9 Å². The first-order chi connectivity index (χ1) is 6.72. The van der Waals surface area contributed by atoms with Gasteiger partial charge in [-0.3, -0.25) is 4.79 Å². The van der Waals surface area contributed by atoms with Crippen molar-refractivity contribution in [1.29, 1.82) is 0 Å². The Morgan fingerprint density at radius 2 is 2.07 bits per heavy atom. The van der Waals surface area contributed by atoms with E-state index in [1.165, 1.54) is 5.56 Å². The van der Waals surface area contributed by atoms with Crippen LogP contribution in [0.15, 0.2) is 36.9 Å². The minimum atomic E-state index is 0.0359. The summed E-state index contributed by atoms with van der Waals surface area (Å²) >= 11 is 0. The first kappa shape index (κ1) is 10.5. The van der Waals surface area contributed by atoms with Crippen LogP contribution in [0.1, 0.15) is 11.1 Å². The molecule has 0 saturated heterocycles. The Morgan fingerprint density at radius 3 is 2.64 bits per heavy atom. The molecule has 2 nitrogen and oxygen atoms in total. The van der Waals surface area contributed by atoms with Crippen molar-refractivity contribution in [3.8, 4) is 0 Å². The predicted molar refractivity (Wildman–Crippen MR) is 58.1 cm³/mol. The molecular weight excluding hydrogens is 174 g/mol. The fourth-order valence-electron chi connectivity index (χ4n) is 1.14. The molecule has 0 aliphatic heterocycles. The average molecular weight is 189 g/mol. The number of amides is 1. The van der Waals surface area contributed by atoms with Gasteiger partial charge in [-0.2, -0.15) is 0 Å².